The van der Waals surface area contributed by atoms with Gasteiger partial charge in [-0.05, 0) is 20.8 Å². The van der Waals surface area contributed by atoms with Gasteiger partial charge in [0, 0.05) is 0 Å². The highest BCUT2D eigenvalue weighted by Crippen LogP contribution is 2.18. The number of aromatic amines is 1. The highest BCUT2D eigenvalue weighted by molar-refractivity contribution is 5.90. The summed E-state index contributed by atoms with van der Waals surface area (Å²) >= 11 is 0. The van der Waals surface area contributed by atoms with E-state index >= 15 is 0 Å². The van der Waals surface area contributed by atoms with Gasteiger partial charge in [0.2, 0.25) is 5.69 Å². The molecule has 0 aromatic carbocycles. The summed E-state index contributed by atoms with van der Waals surface area (Å²) in [6.07, 6.45) is 0. The van der Waals surface area contributed by atoms with Crippen molar-refractivity contribution in [1.82, 2.24) is 4.98 Å². The molecule has 5 heteroatoms. The van der Waals surface area contributed by atoms with E-state index in [1.54, 1.807) is 20.8 Å². The molecule has 0 spiro atoms. The topological polar surface area (TPSA) is 78.4 Å². The maximum atomic E-state index is 11.4. The van der Waals surface area contributed by atoms with Gasteiger partial charge in [0.1, 0.15) is 5.69 Å². The third-order valence-electron chi connectivity index (χ3n) is 2.03. The molecule has 0 saturated heterocycles. The average molecular weight is 195 g/mol. The predicted molar refractivity (Wildman–Crippen MR) is 50.2 cm³/mol. The van der Waals surface area contributed by atoms with Crippen molar-refractivity contribution in [3.8, 4) is 0 Å². The van der Waals surface area contributed by atoms with E-state index in [9.17, 15) is 4.79 Å². The van der Waals surface area contributed by atoms with Crippen LogP contribution in [0, 0.1) is 13.8 Å². The van der Waals surface area contributed by atoms with E-state index in [1.807, 2.05) is 5.11 Å². The second kappa shape index (κ2) is 4.04. The van der Waals surface area contributed by atoms with E-state index in [4.69, 9.17) is 10.3 Å². The fraction of sp³-hybridized carbons (Fsp3) is 0.444. The number of ether oxygens (including phenoxy) is 1. The van der Waals surface area contributed by atoms with E-state index < -0.39 is 5.97 Å². The summed E-state index contributed by atoms with van der Waals surface area (Å²) in [7, 11) is 0. The van der Waals surface area contributed by atoms with Gasteiger partial charge in [-0.25, -0.2) is 4.79 Å². The largest absolute Gasteiger partial charge is 0.502 e. The fourth-order valence-electron chi connectivity index (χ4n) is 1.33. The van der Waals surface area contributed by atoms with E-state index in [0.717, 1.165) is 0 Å². The van der Waals surface area contributed by atoms with Crippen molar-refractivity contribution < 1.29 is 14.6 Å². The number of carbonyl (C=O) groups excluding carboxylic acids is 1. The number of carbonyl (C=O) groups is 1. The van der Waals surface area contributed by atoms with Crippen LogP contribution in [0.15, 0.2) is 0 Å². The zero-order valence-corrected chi connectivity index (χ0v) is 8.47. The molecule has 0 saturated carbocycles. The number of aryl methyl sites for hydroxylation is 1. The minimum Gasteiger partial charge on any atom is -0.502 e. The first kappa shape index (κ1) is 10.4. The van der Waals surface area contributed by atoms with Crippen LogP contribution >= 0.6 is 0 Å². The Morgan fingerprint density at radius 3 is 2.64 bits per heavy atom. The van der Waals surface area contributed by atoms with Gasteiger partial charge < -0.3 is 15.3 Å². The monoisotopic (exact) mass is 195 g/mol. The van der Waals surface area contributed by atoms with Crippen molar-refractivity contribution in [2.75, 3.05) is 6.61 Å². The van der Waals surface area contributed by atoms with Crippen LogP contribution in [0.25, 0.3) is 5.53 Å². The summed E-state index contributed by atoms with van der Waals surface area (Å²) in [5, 5.41) is 2.04. The molecule has 5 nitrogen and oxygen atoms in total. The molecule has 0 bridgehead atoms. The molecule has 1 aromatic heterocycles. The molecule has 1 rings (SSSR count). The van der Waals surface area contributed by atoms with Crippen LogP contribution in [0.2, 0.25) is 0 Å². The Hall–Kier alpha value is -1.65. The Kier molecular flexibility index (Phi) is 3.01. The Bertz CT molecular complexity index is 368. The molecule has 0 unspecified atom stereocenters. The van der Waals surface area contributed by atoms with Crippen LogP contribution in [0.4, 0.5) is 5.69 Å². The molecule has 76 valence electrons. The molecule has 2 N–H and O–H groups in total. The number of hydrogen-bond donors (Lipinski definition) is 2. The fourth-order valence-corrected chi connectivity index (χ4v) is 1.33. The van der Waals surface area contributed by atoms with Crippen molar-refractivity contribution >= 4 is 11.7 Å². The molecule has 0 fully saturated rings. The molecule has 0 radical (unpaired) electrons. The number of hydrogen-bond acceptors (Lipinski definition) is 2. The first-order valence-corrected chi connectivity index (χ1v) is 4.38. The number of rotatable bonds is 3. The van der Waals surface area contributed by atoms with Crippen molar-refractivity contribution in [1.29, 1.82) is 0 Å². The zero-order valence-electron chi connectivity index (χ0n) is 8.47. The quantitative estimate of drug-likeness (QED) is 0.545. The number of aromatic nitrogens is 1. The van der Waals surface area contributed by atoms with Gasteiger partial charge in [-0.3, -0.25) is 5.11 Å². The number of H-pyrrole nitrogens is 1. The Morgan fingerprint density at radius 1 is 1.57 bits per heavy atom. The second-order valence-electron chi connectivity index (χ2n) is 2.96. The smallest absolute Gasteiger partial charge is 0.355 e. The van der Waals surface area contributed by atoms with Gasteiger partial charge in [-0.15, -0.1) is 0 Å². The lowest BCUT2D eigenvalue weighted by Crippen LogP contribution is -2.55. The predicted octanol–water partition coefficient (Wildman–Crippen LogP) is 0.542. The normalized spacial score (nSPS) is 9.93. The minimum atomic E-state index is -0.408. The van der Waals surface area contributed by atoms with Crippen LogP contribution in [0.3, 0.4) is 0 Å². The number of nitrogens with one attached hydrogen (secondary N) is 2. The van der Waals surface area contributed by atoms with Crippen LogP contribution < -0.4 is 5.11 Å². The highest BCUT2D eigenvalue weighted by Gasteiger charge is 2.19. The average Bonchev–Trinajstić information content (AvgIpc) is 2.42. The van der Waals surface area contributed by atoms with E-state index in [-0.39, 0.29) is 0 Å². The Morgan fingerprint density at radius 2 is 2.21 bits per heavy atom. The molecule has 0 atom stereocenters. The molecular weight excluding hydrogens is 182 g/mol. The second-order valence-corrected chi connectivity index (χ2v) is 2.96. The Labute approximate surface area is 82.0 Å². The number of esters is 1. The minimum absolute atomic E-state index is 0.332. The van der Waals surface area contributed by atoms with E-state index in [1.165, 1.54) is 0 Å². The van der Waals surface area contributed by atoms with Crippen LogP contribution in [0.5, 0.6) is 0 Å². The summed E-state index contributed by atoms with van der Waals surface area (Å²) in [6, 6.07) is 0. The molecular formula is C9H13N3O2. The van der Waals surface area contributed by atoms with Crippen LogP contribution in [-0.2, 0) is 4.74 Å². The summed E-state index contributed by atoms with van der Waals surface area (Å²) in [5.41, 5.74) is 11.1. The summed E-state index contributed by atoms with van der Waals surface area (Å²) in [5.74, 6) is -0.408. The molecule has 1 aromatic rings. The lowest BCUT2D eigenvalue weighted by Gasteiger charge is -1.98. The number of nitrogens with zero attached hydrogens (tertiary/aromatic N) is 1. The molecule has 0 aliphatic heterocycles. The van der Waals surface area contributed by atoms with E-state index in [0.29, 0.717) is 29.2 Å². The summed E-state index contributed by atoms with van der Waals surface area (Å²) in [4.78, 5) is 14.2. The van der Waals surface area contributed by atoms with Crippen LogP contribution in [0.1, 0.15) is 28.7 Å². The summed E-state index contributed by atoms with van der Waals surface area (Å²) in [6.45, 7) is 5.56. The van der Waals surface area contributed by atoms with Crippen molar-refractivity contribution in [3.05, 3.63) is 22.5 Å². The third kappa shape index (κ3) is 1.66. The van der Waals surface area contributed by atoms with Gasteiger partial charge in [0.05, 0.1) is 17.9 Å². The molecule has 0 aliphatic rings. The van der Waals surface area contributed by atoms with Crippen molar-refractivity contribution in [2.45, 2.75) is 20.8 Å². The summed E-state index contributed by atoms with van der Waals surface area (Å²) < 4.78 is 4.84. The first-order chi connectivity index (χ1) is 6.61. The van der Waals surface area contributed by atoms with Crippen LogP contribution in [-0.4, -0.2) is 17.6 Å². The standard InChI is InChI=1S/C9H13N3O2/c1-4-14-9(13)8-5(2)7(12-10)6(3)11-8/h11-12H,4H2,1-3H3. The lowest BCUT2D eigenvalue weighted by atomic mass is 10.2. The van der Waals surface area contributed by atoms with Crippen molar-refractivity contribution in [3.63, 3.8) is 0 Å². The first-order valence-electron chi connectivity index (χ1n) is 4.38. The van der Waals surface area contributed by atoms with Gasteiger partial charge in [-0.2, -0.15) is 0 Å². The maximum absolute atomic E-state index is 11.4. The third-order valence-corrected chi connectivity index (χ3v) is 2.03. The van der Waals surface area contributed by atoms with Gasteiger partial charge in [-0.1, -0.05) is 0 Å². The molecule has 0 amide bonds. The van der Waals surface area contributed by atoms with Gasteiger partial charge in [0.15, 0.2) is 0 Å². The highest BCUT2D eigenvalue weighted by atomic mass is 16.5. The molecule has 0 aliphatic carbocycles. The maximum Gasteiger partial charge on any atom is 0.355 e. The van der Waals surface area contributed by atoms with Gasteiger partial charge in [0.25, 0.3) is 0 Å². The molecule has 14 heavy (non-hydrogen) atoms. The zero-order chi connectivity index (χ0) is 10.7. The van der Waals surface area contributed by atoms with Gasteiger partial charge >= 0.3 is 5.97 Å². The lowest BCUT2D eigenvalue weighted by molar-refractivity contribution is -0.380. The van der Waals surface area contributed by atoms with Crippen molar-refractivity contribution in [2.24, 2.45) is 0 Å². The molecule has 1 heterocycles. The Balaban J connectivity index is 3.10. The van der Waals surface area contributed by atoms with E-state index in [2.05, 4.69) is 4.98 Å². The SMILES string of the molecule is CCOC(=O)c1[nH]c(C)c([NH+]=[N-])c1C.